The van der Waals surface area contributed by atoms with E-state index in [1.165, 1.54) is 0 Å². The van der Waals surface area contributed by atoms with E-state index in [-0.39, 0.29) is 24.6 Å². The minimum Gasteiger partial charge on any atom is -0.483 e. The summed E-state index contributed by atoms with van der Waals surface area (Å²) in [5.41, 5.74) is 2.69. The van der Waals surface area contributed by atoms with Gasteiger partial charge in [-0.2, -0.15) is 0 Å². The minimum absolute atomic E-state index is 0.0187. The van der Waals surface area contributed by atoms with Crippen LogP contribution in [-0.2, 0) is 11.3 Å². The maximum Gasteiger partial charge on any atom is 0.247 e. The van der Waals surface area contributed by atoms with Crippen molar-refractivity contribution in [1.29, 1.82) is 0 Å². The fourth-order valence-corrected chi connectivity index (χ4v) is 4.02. The normalized spacial score (nSPS) is 12.1. The van der Waals surface area contributed by atoms with Crippen LogP contribution in [0.2, 0.25) is 0 Å². The first-order valence-corrected chi connectivity index (χ1v) is 11.1. The zero-order valence-corrected chi connectivity index (χ0v) is 18.8. The lowest BCUT2D eigenvalue weighted by molar-refractivity contribution is -0.119. The van der Waals surface area contributed by atoms with E-state index in [1.807, 2.05) is 108 Å². The van der Waals surface area contributed by atoms with Crippen LogP contribution in [0.1, 0.15) is 39.1 Å². The van der Waals surface area contributed by atoms with Gasteiger partial charge < -0.3 is 14.2 Å². The lowest BCUT2D eigenvalue weighted by Crippen LogP contribution is -2.39. The molecule has 5 heteroatoms. The molecule has 1 heterocycles. The highest BCUT2D eigenvalue weighted by Gasteiger charge is 2.25. The number of anilines is 1. The molecule has 0 spiro atoms. The molecule has 0 fully saturated rings. The number of imidazole rings is 1. The highest BCUT2D eigenvalue weighted by Crippen LogP contribution is 2.28. The average molecular weight is 428 g/mol. The molecule has 5 nitrogen and oxygen atoms in total. The summed E-state index contributed by atoms with van der Waals surface area (Å²) in [7, 11) is 0. The van der Waals surface area contributed by atoms with Gasteiger partial charge in [-0.25, -0.2) is 4.98 Å². The van der Waals surface area contributed by atoms with Crippen molar-refractivity contribution in [3.05, 3.63) is 90.8 Å². The second kappa shape index (κ2) is 9.69. The summed E-state index contributed by atoms with van der Waals surface area (Å²) in [6.45, 7) is 6.33. The molecule has 0 saturated heterocycles. The molecule has 1 aromatic heterocycles. The molecule has 0 aliphatic rings. The van der Waals surface area contributed by atoms with Gasteiger partial charge in [-0.15, -0.1) is 0 Å². The molecule has 4 aromatic rings. The molecular formula is C27H29N3O2. The second-order valence-corrected chi connectivity index (χ2v) is 8.07. The summed E-state index contributed by atoms with van der Waals surface area (Å²) in [5.74, 6) is 1.57. The highest BCUT2D eigenvalue weighted by atomic mass is 16.5. The van der Waals surface area contributed by atoms with E-state index in [1.54, 1.807) is 0 Å². The number of nitrogens with zero attached hydrogens (tertiary/aromatic N) is 3. The SMILES string of the molecule is CCC(Oc1ccccc1)c1nc2ccccc2n1CC(=O)N(c1ccccc1)C(C)C. The number of hydrogen-bond acceptors (Lipinski definition) is 3. The van der Waals surface area contributed by atoms with Crippen molar-refractivity contribution in [1.82, 2.24) is 9.55 Å². The monoisotopic (exact) mass is 427 g/mol. The topological polar surface area (TPSA) is 47.4 Å². The standard InChI is InChI=1S/C27H29N3O2/c1-4-25(32-22-15-9-6-10-16-22)27-28-23-17-11-12-18-24(23)29(27)19-26(31)30(20(2)3)21-13-7-5-8-14-21/h5-18,20,25H,4,19H2,1-3H3. The Hall–Kier alpha value is -3.60. The number of carbonyl (C=O) groups excluding carboxylic acids is 1. The van der Waals surface area contributed by atoms with Gasteiger partial charge in [0.2, 0.25) is 5.91 Å². The Morgan fingerprint density at radius 3 is 2.22 bits per heavy atom. The van der Waals surface area contributed by atoms with Crippen LogP contribution in [0.5, 0.6) is 5.75 Å². The number of amides is 1. The van der Waals surface area contributed by atoms with Gasteiger partial charge in [-0.1, -0.05) is 55.5 Å². The number of aromatic nitrogens is 2. The Bertz CT molecular complexity index is 1170. The molecule has 32 heavy (non-hydrogen) atoms. The molecule has 0 aliphatic heterocycles. The van der Waals surface area contributed by atoms with E-state index in [0.717, 1.165) is 34.7 Å². The third-order valence-electron chi connectivity index (χ3n) is 5.48. The Morgan fingerprint density at radius 2 is 1.56 bits per heavy atom. The fraction of sp³-hybridized carbons (Fsp3) is 0.259. The molecule has 0 aliphatic carbocycles. The molecule has 3 aromatic carbocycles. The van der Waals surface area contributed by atoms with Gasteiger partial charge >= 0.3 is 0 Å². The second-order valence-electron chi connectivity index (χ2n) is 8.07. The van der Waals surface area contributed by atoms with Crippen molar-refractivity contribution < 1.29 is 9.53 Å². The first-order valence-electron chi connectivity index (χ1n) is 11.1. The van der Waals surface area contributed by atoms with Gasteiger partial charge in [0.1, 0.15) is 12.3 Å². The van der Waals surface area contributed by atoms with Crippen LogP contribution in [0.4, 0.5) is 5.69 Å². The van der Waals surface area contributed by atoms with E-state index in [2.05, 4.69) is 6.92 Å². The smallest absolute Gasteiger partial charge is 0.247 e. The van der Waals surface area contributed by atoms with E-state index in [4.69, 9.17) is 9.72 Å². The van der Waals surface area contributed by atoms with Gasteiger partial charge in [-0.05, 0) is 56.7 Å². The van der Waals surface area contributed by atoms with Crippen LogP contribution in [0.25, 0.3) is 11.0 Å². The lowest BCUT2D eigenvalue weighted by atomic mass is 10.2. The van der Waals surface area contributed by atoms with Crippen LogP contribution in [0.15, 0.2) is 84.9 Å². The van der Waals surface area contributed by atoms with E-state index in [9.17, 15) is 4.79 Å². The van der Waals surface area contributed by atoms with Gasteiger partial charge in [0.05, 0.1) is 11.0 Å². The maximum atomic E-state index is 13.6. The zero-order valence-electron chi connectivity index (χ0n) is 18.8. The maximum absolute atomic E-state index is 13.6. The van der Waals surface area contributed by atoms with E-state index < -0.39 is 0 Å². The zero-order chi connectivity index (χ0) is 22.5. The number of para-hydroxylation sites is 4. The molecular weight excluding hydrogens is 398 g/mol. The molecule has 0 radical (unpaired) electrons. The van der Waals surface area contributed by atoms with Crippen molar-refractivity contribution in [2.45, 2.75) is 45.9 Å². The molecule has 164 valence electrons. The molecule has 0 N–H and O–H groups in total. The summed E-state index contributed by atoms with van der Waals surface area (Å²) >= 11 is 0. The predicted octanol–water partition coefficient (Wildman–Crippen LogP) is 6.01. The third-order valence-corrected chi connectivity index (χ3v) is 5.48. The first kappa shape index (κ1) is 21.6. The predicted molar refractivity (Wildman–Crippen MR) is 129 cm³/mol. The Kier molecular flexibility index (Phi) is 6.55. The molecule has 4 rings (SSSR count). The van der Waals surface area contributed by atoms with Crippen LogP contribution >= 0.6 is 0 Å². The van der Waals surface area contributed by atoms with Gasteiger partial charge in [0.15, 0.2) is 11.9 Å². The quantitative estimate of drug-likeness (QED) is 0.346. The van der Waals surface area contributed by atoms with Crippen molar-refractivity contribution in [3.63, 3.8) is 0 Å². The average Bonchev–Trinajstić information content (AvgIpc) is 3.17. The summed E-state index contributed by atoms with van der Waals surface area (Å²) in [6.07, 6.45) is 0.473. The van der Waals surface area contributed by atoms with E-state index >= 15 is 0 Å². The number of carbonyl (C=O) groups is 1. The molecule has 1 atom stereocenters. The number of rotatable bonds is 8. The van der Waals surface area contributed by atoms with Crippen molar-refractivity contribution >= 4 is 22.6 Å². The number of fused-ring (bicyclic) bond motifs is 1. The van der Waals surface area contributed by atoms with Gasteiger partial charge in [-0.3, -0.25) is 4.79 Å². The summed E-state index contributed by atoms with van der Waals surface area (Å²) < 4.78 is 8.29. The Balaban J connectivity index is 1.72. The Morgan fingerprint density at radius 1 is 0.938 bits per heavy atom. The van der Waals surface area contributed by atoms with Crippen LogP contribution in [0, 0.1) is 0 Å². The van der Waals surface area contributed by atoms with Gasteiger partial charge in [0, 0.05) is 11.7 Å². The number of hydrogen-bond donors (Lipinski definition) is 0. The van der Waals surface area contributed by atoms with Crippen molar-refractivity contribution in [2.24, 2.45) is 0 Å². The van der Waals surface area contributed by atoms with Crippen molar-refractivity contribution in [3.8, 4) is 5.75 Å². The largest absolute Gasteiger partial charge is 0.483 e. The summed E-state index contributed by atoms with van der Waals surface area (Å²) in [6, 6.07) is 27.5. The van der Waals surface area contributed by atoms with Crippen LogP contribution in [0.3, 0.4) is 0 Å². The first-order chi connectivity index (χ1) is 15.6. The molecule has 1 amide bonds. The number of ether oxygens (including phenoxy) is 1. The molecule has 0 saturated carbocycles. The van der Waals surface area contributed by atoms with E-state index in [0.29, 0.717) is 0 Å². The van der Waals surface area contributed by atoms with Gasteiger partial charge in [0.25, 0.3) is 0 Å². The summed E-state index contributed by atoms with van der Waals surface area (Å²) in [5, 5.41) is 0. The third kappa shape index (κ3) is 4.52. The van der Waals surface area contributed by atoms with Crippen molar-refractivity contribution in [2.75, 3.05) is 4.90 Å². The Labute approximate surface area is 189 Å². The molecule has 1 unspecified atom stereocenters. The minimum atomic E-state index is -0.262. The summed E-state index contributed by atoms with van der Waals surface area (Å²) in [4.78, 5) is 20.3. The lowest BCUT2D eigenvalue weighted by Gasteiger charge is -2.28. The fourth-order valence-electron chi connectivity index (χ4n) is 4.02. The highest BCUT2D eigenvalue weighted by molar-refractivity contribution is 5.94. The number of benzene rings is 3. The molecule has 0 bridgehead atoms. The van der Waals surface area contributed by atoms with Crippen LogP contribution < -0.4 is 9.64 Å². The van der Waals surface area contributed by atoms with Crippen LogP contribution in [-0.4, -0.2) is 21.5 Å².